The summed E-state index contributed by atoms with van der Waals surface area (Å²) in [7, 11) is 1.62. The van der Waals surface area contributed by atoms with Crippen LogP contribution in [0, 0.1) is 0 Å². The van der Waals surface area contributed by atoms with Crippen LogP contribution < -0.4 is 9.64 Å². The summed E-state index contributed by atoms with van der Waals surface area (Å²) in [6, 6.07) is 9.14. The minimum Gasteiger partial charge on any atom is -0.467 e. The maximum atomic E-state index is 11.1. The summed E-state index contributed by atoms with van der Waals surface area (Å²) in [4.78, 5) is 27.0. The van der Waals surface area contributed by atoms with Gasteiger partial charge in [-0.15, -0.1) is 0 Å². The molecule has 0 N–H and O–H groups in total. The molecule has 0 bridgehead atoms. The van der Waals surface area contributed by atoms with Gasteiger partial charge < -0.3 is 19.4 Å². The van der Waals surface area contributed by atoms with Crippen LogP contribution in [0.25, 0.3) is 5.70 Å². The fourth-order valence-corrected chi connectivity index (χ4v) is 4.75. The van der Waals surface area contributed by atoms with Crippen molar-refractivity contribution in [2.24, 2.45) is 0 Å². The number of anilines is 1. The van der Waals surface area contributed by atoms with Crippen molar-refractivity contribution in [3.05, 3.63) is 52.7 Å². The van der Waals surface area contributed by atoms with Crippen molar-refractivity contribution >= 4 is 17.9 Å². The first-order chi connectivity index (χ1) is 14.8. The van der Waals surface area contributed by atoms with E-state index in [0.717, 1.165) is 76.5 Å². The number of aromatic nitrogens is 2. The number of rotatable bonds is 4. The van der Waals surface area contributed by atoms with E-state index in [-0.39, 0.29) is 0 Å². The summed E-state index contributed by atoms with van der Waals surface area (Å²) in [6.07, 6.45) is 6.39. The molecule has 156 valence electrons. The second kappa shape index (κ2) is 7.97. The van der Waals surface area contributed by atoms with Crippen molar-refractivity contribution in [3.8, 4) is 6.01 Å². The van der Waals surface area contributed by atoms with E-state index in [0.29, 0.717) is 6.01 Å². The monoisotopic (exact) mass is 405 g/mol. The predicted molar refractivity (Wildman–Crippen MR) is 115 cm³/mol. The van der Waals surface area contributed by atoms with E-state index >= 15 is 0 Å². The molecule has 0 radical (unpaired) electrons. The second-order valence-corrected chi connectivity index (χ2v) is 8.04. The number of amides is 1. The first kappa shape index (κ1) is 18.9. The maximum Gasteiger partial charge on any atom is 0.318 e. The van der Waals surface area contributed by atoms with Gasteiger partial charge in [0.2, 0.25) is 6.41 Å². The highest BCUT2D eigenvalue weighted by Crippen LogP contribution is 2.35. The third-order valence-corrected chi connectivity index (χ3v) is 6.35. The molecule has 1 aromatic heterocycles. The van der Waals surface area contributed by atoms with Crippen molar-refractivity contribution in [3.63, 3.8) is 0 Å². The van der Waals surface area contributed by atoms with E-state index in [9.17, 15) is 4.79 Å². The smallest absolute Gasteiger partial charge is 0.318 e. The predicted octanol–water partition coefficient (Wildman–Crippen LogP) is 2.11. The van der Waals surface area contributed by atoms with Crippen LogP contribution in [0.3, 0.4) is 0 Å². The van der Waals surface area contributed by atoms with Gasteiger partial charge in [-0.1, -0.05) is 30.3 Å². The van der Waals surface area contributed by atoms with Crippen molar-refractivity contribution in [2.45, 2.75) is 25.8 Å². The average Bonchev–Trinajstić information content (AvgIpc) is 2.82. The van der Waals surface area contributed by atoms with Crippen LogP contribution in [-0.2, 0) is 24.2 Å². The molecule has 1 saturated heterocycles. The Morgan fingerprint density at radius 3 is 2.63 bits per heavy atom. The Balaban J connectivity index is 1.44. The first-order valence-electron chi connectivity index (χ1n) is 10.7. The number of hydrogen-bond donors (Lipinski definition) is 0. The minimum absolute atomic E-state index is 0.418. The first-order valence-corrected chi connectivity index (χ1v) is 10.7. The lowest BCUT2D eigenvalue weighted by molar-refractivity contribution is -0.118. The van der Waals surface area contributed by atoms with Gasteiger partial charge in [0.15, 0.2) is 0 Å². The Bertz CT molecular complexity index is 982. The van der Waals surface area contributed by atoms with Crippen LogP contribution in [0.2, 0.25) is 0 Å². The molecule has 2 aromatic rings. The fourth-order valence-electron chi connectivity index (χ4n) is 4.75. The Hall–Kier alpha value is -3.09. The summed E-state index contributed by atoms with van der Waals surface area (Å²) in [5, 5.41) is 0. The molecule has 0 saturated carbocycles. The van der Waals surface area contributed by atoms with Gasteiger partial charge in [-0.2, -0.15) is 9.97 Å². The maximum absolute atomic E-state index is 11.1. The van der Waals surface area contributed by atoms with E-state index in [1.165, 1.54) is 22.4 Å². The van der Waals surface area contributed by atoms with Gasteiger partial charge in [0, 0.05) is 49.5 Å². The Kier molecular flexibility index (Phi) is 5.02. The molecule has 1 amide bonds. The zero-order valence-corrected chi connectivity index (χ0v) is 17.4. The third-order valence-electron chi connectivity index (χ3n) is 6.35. The van der Waals surface area contributed by atoms with Gasteiger partial charge in [0.25, 0.3) is 0 Å². The number of fused-ring (bicyclic) bond motifs is 2. The van der Waals surface area contributed by atoms with Crippen LogP contribution >= 0.6 is 0 Å². The summed E-state index contributed by atoms with van der Waals surface area (Å²) in [5.74, 6) is 0.972. The van der Waals surface area contributed by atoms with Crippen LogP contribution in [0.4, 0.5) is 5.82 Å². The Morgan fingerprint density at radius 2 is 1.83 bits per heavy atom. The molecule has 0 unspecified atom stereocenters. The number of ether oxygens (including phenoxy) is 1. The molecule has 1 fully saturated rings. The zero-order valence-electron chi connectivity index (χ0n) is 17.4. The number of methoxy groups -OCH3 is 1. The van der Waals surface area contributed by atoms with E-state index in [1.54, 1.807) is 7.11 Å². The minimum atomic E-state index is 0.418. The summed E-state index contributed by atoms with van der Waals surface area (Å²) in [6.45, 7) is 4.72. The van der Waals surface area contributed by atoms with Crippen LogP contribution in [-0.4, -0.2) is 66.0 Å². The van der Waals surface area contributed by atoms with Gasteiger partial charge in [-0.3, -0.25) is 4.79 Å². The molecular formula is C23H27N5O2. The number of carbonyl (C=O) groups excluding carboxylic acids is 1. The summed E-state index contributed by atoms with van der Waals surface area (Å²) < 4.78 is 5.44. The zero-order chi connectivity index (χ0) is 20.5. The third kappa shape index (κ3) is 3.38. The number of benzene rings is 1. The average molecular weight is 406 g/mol. The summed E-state index contributed by atoms with van der Waals surface area (Å²) in [5.41, 5.74) is 6.36. The molecule has 1 aliphatic carbocycles. The molecule has 5 rings (SSSR count). The van der Waals surface area contributed by atoms with E-state index in [2.05, 4.69) is 40.1 Å². The molecule has 3 aliphatic rings. The standard InChI is InChI=1S/C23H27N5O2/c1-30-23-24-20-15-28(21-8-4-6-17-5-2-3-7-18(17)21)10-9-19(20)22(25-23)27-13-11-26(16-29)12-14-27/h2-3,5,7-8,16H,4,6,9-15H2,1H3. The quantitative estimate of drug-likeness (QED) is 0.726. The largest absolute Gasteiger partial charge is 0.467 e. The van der Waals surface area contributed by atoms with E-state index in [1.807, 2.05) is 4.90 Å². The van der Waals surface area contributed by atoms with Crippen molar-refractivity contribution < 1.29 is 9.53 Å². The number of carbonyl (C=O) groups is 1. The number of hydrogen-bond acceptors (Lipinski definition) is 6. The molecule has 7 heteroatoms. The fraction of sp³-hybridized carbons (Fsp3) is 0.435. The number of allylic oxidation sites excluding steroid dienone is 1. The second-order valence-electron chi connectivity index (χ2n) is 8.04. The highest BCUT2D eigenvalue weighted by atomic mass is 16.5. The van der Waals surface area contributed by atoms with E-state index < -0.39 is 0 Å². The van der Waals surface area contributed by atoms with Gasteiger partial charge in [-0.05, 0) is 24.8 Å². The van der Waals surface area contributed by atoms with Gasteiger partial charge in [-0.25, -0.2) is 0 Å². The number of piperazine rings is 1. The van der Waals surface area contributed by atoms with Gasteiger partial charge in [0.05, 0.1) is 19.3 Å². The van der Waals surface area contributed by atoms with Crippen molar-refractivity contribution in [2.75, 3.05) is 44.7 Å². The number of aryl methyl sites for hydroxylation is 1. The van der Waals surface area contributed by atoms with Crippen molar-refractivity contribution in [1.82, 2.24) is 19.8 Å². The molecular weight excluding hydrogens is 378 g/mol. The lowest BCUT2D eigenvalue weighted by Gasteiger charge is -2.38. The molecule has 2 aliphatic heterocycles. The lowest BCUT2D eigenvalue weighted by Crippen LogP contribution is -2.46. The lowest BCUT2D eigenvalue weighted by atomic mass is 9.92. The van der Waals surface area contributed by atoms with Gasteiger partial charge >= 0.3 is 6.01 Å². The molecule has 30 heavy (non-hydrogen) atoms. The van der Waals surface area contributed by atoms with Gasteiger partial charge in [0.1, 0.15) is 5.82 Å². The highest BCUT2D eigenvalue weighted by molar-refractivity contribution is 5.69. The summed E-state index contributed by atoms with van der Waals surface area (Å²) >= 11 is 0. The van der Waals surface area contributed by atoms with Crippen molar-refractivity contribution in [1.29, 1.82) is 0 Å². The van der Waals surface area contributed by atoms with E-state index in [4.69, 9.17) is 14.7 Å². The molecule has 0 spiro atoms. The highest BCUT2D eigenvalue weighted by Gasteiger charge is 2.29. The Labute approximate surface area is 177 Å². The molecule has 3 heterocycles. The van der Waals surface area contributed by atoms with Crippen LogP contribution in [0.15, 0.2) is 30.3 Å². The Morgan fingerprint density at radius 1 is 1.00 bits per heavy atom. The molecule has 0 atom stereocenters. The van der Waals surface area contributed by atoms with Crippen LogP contribution in [0.5, 0.6) is 6.01 Å². The molecule has 7 nitrogen and oxygen atoms in total. The number of nitrogens with zero attached hydrogens (tertiary/aromatic N) is 5. The van der Waals surface area contributed by atoms with Crippen LogP contribution in [0.1, 0.15) is 28.8 Å². The normalized spacial score (nSPS) is 18.4. The SMILES string of the molecule is COc1nc2c(c(N3CCN(C=O)CC3)n1)CCN(C1=CCCc3ccccc31)C2. The topological polar surface area (TPSA) is 61.8 Å². The molecule has 1 aromatic carbocycles.